The number of hydrogen-bond donors (Lipinski definition) is 2. The van der Waals surface area contributed by atoms with Crippen molar-refractivity contribution in [3.63, 3.8) is 0 Å². The van der Waals surface area contributed by atoms with Gasteiger partial charge in [0.1, 0.15) is 24.3 Å². The molecule has 20 heteroatoms. The van der Waals surface area contributed by atoms with Crippen LogP contribution in [0.3, 0.4) is 0 Å². The summed E-state index contributed by atoms with van der Waals surface area (Å²) >= 11 is 6.41. The number of carbonyl (C=O) groups is 2. The number of rotatable bonds is 11. The molecular formula is C37H36ClF6N7O5S. The minimum Gasteiger partial charge on any atom is -0.447 e. The van der Waals surface area contributed by atoms with Gasteiger partial charge in [-0.3, -0.25) is 9.69 Å². The van der Waals surface area contributed by atoms with Crippen molar-refractivity contribution in [3.8, 4) is 16.8 Å². The molecule has 1 aromatic heterocycles. The molecule has 1 aliphatic carbocycles. The van der Waals surface area contributed by atoms with Crippen LogP contribution >= 0.6 is 11.6 Å². The van der Waals surface area contributed by atoms with Gasteiger partial charge < -0.3 is 15.8 Å². The molecule has 2 amide bonds. The number of nitrogens with two attached hydrogens (primary N) is 1. The second-order valence-electron chi connectivity index (χ2n) is 15.1. The Kier molecular flexibility index (Phi) is 10.7. The van der Waals surface area contributed by atoms with E-state index in [1.165, 1.54) is 54.6 Å². The summed E-state index contributed by atoms with van der Waals surface area (Å²) in [6, 6.07) is 11.9. The maximum Gasteiger partial charge on any atom is 0.411 e. The maximum atomic E-state index is 16.1. The second-order valence-corrected chi connectivity index (χ2v) is 17.5. The number of amides is 2. The van der Waals surface area contributed by atoms with Crippen molar-refractivity contribution < 1.29 is 49.1 Å². The van der Waals surface area contributed by atoms with Crippen LogP contribution in [0.5, 0.6) is 0 Å². The predicted octanol–water partition coefficient (Wildman–Crippen LogP) is 7.42. The summed E-state index contributed by atoms with van der Waals surface area (Å²) in [5.41, 5.74) is 1.87. The third kappa shape index (κ3) is 8.17. The van der Waals surface area contributed by atoms with Crippen LogP contribution in [0.4, 0.5) is 31.1 Å². The lowest BCUT2D eigenvalue weighted by Crippen LogP contribution is -2.50. The van der Waals surface area contributed by atoms with Crippen molar-refractivity contribution >= 4 is 39.4 Å². The van der Waals surface area contributed by atoms with E-state index in [1.54, 1.807) is 20.8 Å². The number of benzene rings is 3. The Balaban J connectivity index is 1.42. The molecule has 12 nitrogen and oxygen atoms in total. The molecule has 6 rings (SSSR count). The molecule has 3 aromatic carbocycles. The normalized spacial score (nSPS) is 18.8. The first-order valence-electron chi connectivity index (χ1n) is 17.3. The number of nitrogens with one attached hydrogen (secondary N) is 1. The molecule has 0 radical (unpaired) electrons. The van der Waals surface area contributed by atoms with Gasteiger partial charge >= 0.3 is 12.3 Å². The molecule has 0 bridgehead atoms. The van der Waals surface area contributed by atoms with E-state index < -0.39 is 81.2 Å². The van der Waals surface area contributed by atoms with Crippen molar-refractivity contribution in [3.05, 3.63) is 94.8 Å². The molecule has 4 aromatic rings. The number of nitrogens with zero attached hydrogens (tertiary/aromatic N) is 5. The van der Waals surface area contributed by atoms with E-state index in [9.17, 15) is 40.0 Å². The molecule has 3 N–H and O–H groups in total. The SMILES string of the molecule is CC(C)(C)C[C@]1(c2ccc(-c3ccc(S(C)(=O)=O)cc3)c(F)c2)N=C(N)N([C@H](COC(=O)NC2(C(F)(F)F)CC2)c2ccc(Cl)c(-n3ncnc3C(F)F)c2)C1=O. The predicted molar refractivity (Wildman–Crippen MR) is 196 cm³/mol. The van der Waals surface area contributed by atoms with Gasteiger partial charge in [-0.25, -0.2) is 41.0 Å². The first-order valence-corrected chi connectivity index (χ1v) is 19.5. The van der Waals surface area contributed by atoms with E-state index in [0.29, 0.717) is 5.56 Å². The number of ether oxygens (including phenoxy) is 1. The van der Waals surface area contributed by atoms with Gasteiger partial charge in [-0.2, -0.15) is 18.3 Å². The fourth-order valence-electron chi connectivity index (χ4n) is 6.76. The summed E-state index contributed by atoms with van der Waals surface area (Å²) in [5, 5.41) is 5.61. The van der Waals surface area contributed by atoms with Crippen LogP contribution in [-0.2, 0) is 24.9 Å². The minimum atomic E-state index is -4.77. The molecule has 2 heterocycles. The Bertz CT molecular complexity index is 2360. The number of aliphatic imine (C=N–C) groups is 1. The third-order valence-electron chi connectivity index (χ3n) is 9.62. The highest BCUT2D eigenvalue weighted by Gasteiger charge is 2.64. The zero-order chi connectivity index (χ0) is 41.9. The van der Waals surface area contributed by atoms with Gasteiger partial charge in [-0.05, 0) is 71.7 Å². The second kappa shape index (κ2) is 14.6. The molecule has 0 spiro atoms. The fourth-order valence-corrected chi connectivity index (χ4v) is 7.59. The van der Waals surface area contributed by atoms with E-state index >= 15 is 4.39 Å². The Morgan fingerprint density at radius 3 is 2.28 bits per heavy atom. The van der Waals surface area contributed by atoms with Gasteiger partial charge in [0.2, 0.25) is 0 Å². The third-order valence-corrected chi connectivity index (χ3v) is 11.1. The zero-order valence-electron chi connectivity index (χ0n) is 30.7. The van der Waals surface area contributed by atoms with Crippen LogP contribution in [0.25, 0.3) is 16.8 Å². The molecule has 0 unspecified atom stereocenters. The zero-order valence-corrected chi connectivity index (χ0v) is 32.3. The highest BCUT2D eigenvalue weighted by Crippen LogP contribution is 2.49. The van der Waals surface area contributed by atoms with Gasteiger partial charge in [0.05, 0.1) is 21.6 Å². The molecule has 2 atom stereocenters. The molecule has 304 valence electrons. The number of sulfone groups is 1. The smallest absolute Gasteiger partial charge is 0.411 e. The number of hydrogen-bond acceptors (Lipinski definition) is 9. The van der Waals surface area contributed by atoms with Crippen molar-refractivity contribution in [2.24, 2.45) is 16.1 Å². The van der Waals surface area contributed by atoms with E-state index in [1.807, 2.05) is 5.32 Å². The molecule has 1 fully saturated rings. The molecule has 0 saturated heterocycles. The van der Waals surface area contributed by atoms with Crippen molar-refractivity contribution in [2.75, 3.05) is 12.9 Å². The average molecular weight is 840 g/mol. The van der Waals surface area contributed by atoms with E-state index in [2.05, 4.69) is 15.1 Å². The average Bonchev–Trinajstić information content (AvgIpc) is 3.66. The quantitative estimate of drug-likeness (QED) is 0.148. The van der Waals surface area contributed by atoms with E-state index in [-0.39, 0.29) is 51.6 Å². The lowest BCUT2D eigenvalue weighted by molar-refractivity contribution is -0.164. The van der Waals surface area contributed by atoms with E-state index in [4.69, 9.17) is 22.1 Å². The van der Waals surface area contributed by atoms with Gasteiger partial charge in [-0.15, -0.1) is 0 Å². The lowest BCUT2D eigenvalue weighted by Gasteiger charge is -2.35. The van der Waals surface area contributed by atoms with Crippen LogP contribution in [0.2, 0.25) is 5.02 Å². The topological polar surface area (TPSA) is 162 Å². The highest BCUT2D eigenvalue weighted by molar-refractivity contribution is 7.90. The first kappa shape index (κ1) is 41.5. The van der Waals surface area contributed by atoms with Crippen LogP contribution < -0.4 is 11.1 Å². The first-order chi connectivity index (χ1) is 26.5. The molecule has 57 heavy (non-hydrogen) atoms. The number of carbonyl (C=O) groups excluding carboxylic acids is 2. The maximum absolute atomic E-state index is 16.1. The van der Waals surface area contributed by atoms with Crippen LogP contribution in [0.15, 0.2) is 76.9 Å². The monoisotopic (exact) mass is 839 g/mol. The summed E-state index contributed by atoms with van der Waals surface area (Å²) in [6.45, 7) is 4.58. The fraction of sp³-hybridized carbons (Fsp3) is 0.378. The van der Waals surface area contributed by atoms with Crippen LogP contribution in [0, 0.1) is 11.2 Å². The molecule has 1 saturated carbocycles. The summed E-state index contributed by atoms with van der Waals surface area (Å²) in [6.07, 6.45) is -8.20. The summed E-state index contributed by atoms with van der Waals surface area (Å²) in [5.74, 6) is -2.82. The van der Waals surface area contributed by atoms with Gasteiger partial charge in [0, 0.05) is 11.8 Å². The minimum absolute atomic E-state index is 0.0286. The van der Waals surface area contributed by atoms with Crippen molar-refractivity contribution in [1.82, 2.24) is 25.0 Å². The summed E-state index contributed by atoms with van der Waals surface area (Å²) in [7, 11) is -3.52. The number of guanidine groups is 1. The Labute approximate surface area is 328 Å². The van der Waals surface area contributed by atoms with Crippen LogP contribution in [0.1, 0.15) is 69.5 Å². The van der Waals surface area contributed by atoms with E-state index in [0.717, 1.165) is 28.2 Å². The van der Waals surface area contributed by atoms with Gasteiger partial charge in [0.15, 0.2) is 27.2 Å². The van der Waals surface area contributed by atoms with Gasteiger partial charge in [0.25, 0.3) is 12.3 Å². The van der Waals surface area contributed by atoms with Gasteiger partial charge in [-0.1, -0.05) is 62.7 Å². The van der Waals surface area contributed by atoms with Crippen LogP contribution in [-0.4, -0.2) is 70.6 Å². The summed E-state index contributed by atoms with van der Waals surface area (Å²) < 4.78 is 115. The Hall–Kier alpha value is -5.17. The Morgan fingerprint density at radius 2 is 1.72 bits per heavy atom. The number of halogens is 7. The van der Waals surface area contributed by atoms with Crippen molar-refractivity contribution in [2.45, 2.75) is 74.7 Å². The number of aromatic nitrogens is 3. The highest BCUT2D eigenvalue weighted by atomic mass is 35.5. The lowest BCUT2D eigenvalue weighted by atomic mass is 9.75. The molecular weight excluding hydrogens is 804 g/mol. The van der Waals surface area contributed by atoms with Crippen molar-refractivity contribution in [1.29, 1.82) is 0 Å². The standard InChI is InChI=1S/C37H36ClF6N7O5S/c1-34(2,3)18-36(22-8-11-24(26(39)16-22)20-5-9-23(10-6-20)57(4,54)55)31(52)50(32(45)48-36)28(17-56-33(53)49-35(13-14-35)37(42,43)44)21-7-12-25(38)27(15-21)51-30(29(40)41)46-19-47-51/h5-12,15-16,19,28-29H,13-14,17-18H2,1-4H3,(H2,45,48)(H,49,53)/t28-,36-/m1/s1. The molecule has 2 aliphatic rings. The molecule has 1 aliphatic heterocycles. The number of alkyl carbamates (subject to hydrolysis) is 1. The number of alkyl halides is 5. The summed E-state index contributed by atoms with van der Waals surface area (Å²) in [4.78, 5) is 37.0. The largest absolute Gasteiger partial charge is 0.447 e. The Morgan fingerprint density at radius 1 is 1.05 bits per heavy atom.